The van der Waals surface area contributed by atoms with Gasteiger partial charge in [-0.1, -0.05) is 0 Å². The first-order valence-electron chi connectivity index (χ1n) is 7.27. The van der Waals surface area contributed by atoms with Gasteiger partial charge in [-0.05, 0) is 24.3 Å². The second-order valence-electron chi connectivity index (χ2n) is 4.99. The molecule has 0 bridgehead atoms. The van der Waals surface area contributed by atoms with E-state index in [2.05, 4.69) is 20.0 Å². The Labute approximate surface area is 157 Å². The molecule has 11 heteroatoms. The van der Waals surface area contributed by atoms with Crippen LogP contribution in [0.2, 0.25) is 0 Å². The number of amides is 1. The normalized spacial score (nSPS) is 11.1. The molecule has 0 spiro atoms. The van der Waals surface area contributed by atoms with Crippen LogP contribution in [0.25, 0.3) is 0 Å². The smallest absolute Gasteiger partial charge is 0.263 e. The minimum Gasteiger partial charge on any atom is -0.497 e. The van der Waals surface area contributed by atoms with Gasteiger partial charge in [0.05, 0.1) is 24.1 Å². The van der Waals surface area contributed by atoms with Crippen molar-refractivity contribution < 1.29 is 17.9 Å². The molecule has 1 amide bonds. The molecule has 2 aromatic heterocycles. The molecule has 0 atom stereocenters. The van der Waals surface area contributed by atoms with Crippen molar-refractivity contribution in [3.8, 4) is 5.75 Å². The van der Waals surface area contributed by atoms with Crippen molar-refractivity contribution in [3.05, 3.63) is 46.9 Å². The Morgan fingerprint density at radius 3 is 2.62 bits per heavy atom. The van der Waals surface area contributed by atoms with E-state index in [1.807, 2.05) is 0 Å². The fraction of sp³-hybridized carbons (Fsp3) is 0.133. The highest BCUT2D eigenvalue weighted by Crippen LogP contribution is 2.22. The summed E-state index contributed by atoms with van der Waals surface area (Å²) in [4.78, 5) is 20.1. The third kappa shape index (κ3) is 4.56. The highest BCUT2D eigenvalue weighted by molar-refractivity contribution is 7.93. The van der Waals surface area contributed by atoms with Gasteiger partial charge in [0.25, 0.3) is 10.0 Å². The predicted molar refractivity (Wildman–Crippen MR) is 100 cm³/mol. The molecular weight excluding hydrogens is 396 g/mol. The lowest BCUT2D eigenvalue weighted by Crippen LogP contribution is -2.15. The topological polar surface area (TPSA) is 110 Å². The summed E-state index contributed by atoms with van der Waals surface area (Å²) in [5.74, 6) is 0.293. The molecule has 3 aromatic rings. The van der Waals surface area contributed by atoms with Gasteiger partial charge in [-0.25, -0.2) is 18.4 Å². The van der Waals surface area contributed by atoms with Gasteiger partial charge in [0, 0.05) is 17.0 Å². The number of anilines is 2. The fourth-order valence-corrected chi connectivity index (χ4v) is 4.49. The number of rotatable bonds is 7. The molecule has 1 aromatic carbocycles. The molecule has 0 unspecified atom stereocenters. The molecule has 0 radical (unpaired) electrons. The summed E-state index contributed by atoms with van der Waals surface area (Å²) in [6.07, 6.45) is 1.62. The summed E-state index contributed by atoms with van der Waals surface area (Å²) in [6.45, 7) is 0. The van der Waals surface area contributed by atoms with Crippen LogP contribution in [0, 0.1) is 0 Å². The third-order valence-corrected chi connectivity index (χ3v) is 6.14. The zero-order chi connectivity index (χ0) is 18.6. The lowest BCUT2D eigenvalue weighted by Gasteiger charge is -2.06. The highest BCUT2D eigenvalue weighted by atomic mass is 32.2. The quantitative estimate of drug-likeness (QED) is 0.619. The standard InChI is InChI=1S/C15H14N4O4S3/c1-23-11-2-4-12(5-3-11)26(21,22)19-15-17-10(9-25-15)8-13(20)18-14-16-6-7-24-14/h2-7,9H,8H2,1H3,(H,17,19)(H,16,18,20). The number of aromatic nitrogens is 2. The maximum absolute atomic E-state index is 12.4. The average molecular weight is 411 g/mol. The molecule has 0 aliphatic carbocycles. The van der Waals surface area contributed by atoms with Crippen LogP contribution in [0.1, 0.15) is 5.69 Å². The van der Waals surface area contributed by atoms with E-state index < -0.39 is 10.0 Å². The molecule has 3 rings (SSSR count). The van der Waals surface area contributed by atoms with Gasteiger partial charge in [0.1, 0.15) is 5.75 Å². The molecule has 8 nitrogen and oxygen atoms in total. The van der Waals surface area contributed by atoms with Crippen molar-refractivity contribution >= 4 is 48.9 Å². The van der Waals surface area contributed by atoms with Crippen LogP contribution in [0.3, 0.4) is 0 Å². The number of sulfonamides is 1. The zero-order valence-corrected chi connectivity index (χ0v) is 16.0. The summed E-state index contributed by atoms with van der Waals surface area (Å²) >= 11 is 2.42. The minimum absolute atomic E-state index is 0.0281. The zero-order valence-electron chi connectivity index (χ0n) is 13.5. The summed E-state index contributed by atoms with van der Waals surface area (Å²) in [6, 6.07) is 6.00. The number of thiazole rings is 2. The van der Waals surface area contributed by atoms with Crippen LogP contribution >= 0.6 is 22.7 Å². The Balaban J connectivity index is 1.64. The molecule has 0 aliphatic heterocycles. The summed E-state index contributed by atoms with van der Waals surface area (Å²) in [5.41, 5.74) is 0.469. The van der Waals surface area contributed by atoms with E-state index in [9.17, 15) is 13.2 Å². The number of methoxy groups -OCH3 is 1. The maximum atomic E-state index is 12.4. The molecule has 0 aliphatic rings. The number of carbonyl (C=O) groups excluding carboxylic acids is 1. The van der Waals surface area contributed by atoms with E-state index in [1.54, 1.807) is 29.1 Å². The number of carbonyl (C=O) groups is 1. The second kappa shape index (κ2) is 7.81. The first-order valence-corrected chi connectivity index (χ1v) is 10.5. The van der Waals surface area contributed by atoms with E-state index in [-0.39, 0.29) is 22.4 Å². The number of nitrogens with one attached hydrogen (secondary N) is 2. The third-order valence-electron chi connectivity index (χ3n) is 3.16. The van der Waals surface area contributed by atoms with Gasteiger partial charge in [0.2, 0.25) is 5.91 Å². The second-order valence-corrected chi connectivity index (χ2v) is 8.42. The molecule has 0 saturated carbocycles. The van der Waals surface area contributed by atoms with E-state index in [4.69, 9.17) is 4.74 Å². The van der Waals surface area contributed by atoms with Gasteiger partial charge < -0.3 is 10.1 Å². The molecule has 0 fully saturated rings. The molecular formula is C15H14N4O4S3. The van der Waals surface area contributed by atoms with Crippen LogP contribution in [-0.2, 0) is 21.2 Å². The van der Waals surface area contributed by atoms with Crippen molar-refractivity contribution in [2.24, 2.45) is 0 Å². The van der Waals surface area contributed by atoms with Crippen molar-refractivity contribution in [2.75, 3.05) is 17.1 Å². The van der Waals surface area contributed by atoms with Crippen molar-refractivity contribution in [1.82, 2.24) is 9.97 Å². The average Bonchev–Trinajstić information content (AvgIpc) is 3.26. The maximum Gasteiger partial charge on any atom is 0.263 e. The van der Waals surface area contributed by atoms with Crippen molar-refractivity contribution in [1.29, 1.82) is 0 Å². The van der Waals surface area contributed by atoms with Crippen molar-refractivity contribution in [3.63, 3.8) is 0 Å². The Hall–Kier alpha value is -2.50. The molecule has 2 N–H and O–H groups in total. The van der Waals surface area contributed by atoms with Crippen LogP contribution in [0.4, 0.5) is 10.3 Å². The Kier molecular flexibility index (Phi) is 5.49. The predicted octanol–water partition coefficient (Wildman–Crippen LogP) is 2.59. The number of ether oxygens (including phenoxy) is 1. The number of hydrogen-bond donors (Lipinski definition) is 2. The van der Waals surface area contributed by atoms with E-state index in [1.165, 1.54) is 30.6 Å². The van der Waals surface area contributed by atoms with Gasteiger partial charge in [-0.15, -0.1) is 22.7 Å². The van der Waals surface area contributed by atoms with Crippen LogP contribution in [0.5, 0.6) is 5.75 Å². The summed E-state index contributed by atoms with van der Waals surface area (Å²) in [7, 11) is -2.26. The largest absolute Gasteiger partial charge is 0.497 e. The highest BCUT2D eigenvalue weighted by Gasteiger charge is 2.17. The van der Waals surface area contributed by atoms with Gasteiger partial charge in [-0.3, -0.25) is 9.52 Å². The molecule has 136 valence electrons. The van der Waals surface area contributed by atoms with Gasteiger partial charge in [-0.2, -0.15) is 0 Å². The van der Waals surface area contributed by atoms with E-state index in [0.717, 1.165) is 11.3 Å². The van der Waals surface area contributed by atoms with E-state index in [0.29, 0.717) is 16.6 Å². The first-order chi connectivity index (χ1) is 12.5. The summed E-state index contributed by atoms with van der Waals surface area (Å²) in [5, 5.41) is 6.73. The monoisotopic (exact) mass is 410 g/mol. The van der Waals surface area contributed by atoms with Gasteiger partial charge in [0.15, 0.2) is 10.3 Å². The Morgan fingerprint density at radius 1 is 1.19 bits per heavy atom. The van der Waals surface area contributed by atoms with Crippen LogP contribution in [-0.4, -0.2) is 31.4 Å². The fourth-order valence-electron chi connectivity index (χ4n) is 1.98. The van der Waals surface area contributed by atoms with Gasteiger partial charge >= 0.3 is 0 Å². The Morgan fingerprint density at radius 2 is 1.96 bits per heavy atom. The number of hydrogen-bond acceptors (Lipinski definition) is 8. The number of benzene rings is 1. The SMILES string of the molecule is COc1ccc(S(=O)(=O)Nc2nc(CC(=O)Nc3nccs3)cs2)cc1. The first kappa shape index (κ1) is 18.3. The summed E-state index contributed by atoms with van der Waals surface area (Å²) < 4.78 is 32.2. The van der Waals surface area contributed by atoms with E-state index >= 15 is 0 Å². The lowest BCUT2D eigenvalue weighted by atomic mass is 10.3. The Bertz CT molecular complexity index is 982. The van der Waals surface area contributed by atoms with Crippen LogP contribution < -0.4 is 14.8 Å². The molecule has 0 saturated heterocycles. The molecule has 2 heterocycles. The molecule has 26 heavy (non-hydrogen) atoms. The minimum atomic E-state index is -3.76. The number of nitrogens with zero attached hydrogens (tertiary/aromatic N) is 2. The van der Waals surface area contributed by atoms with Crippen molar-refractivity contribution in [2.45, 2.75) is 11.3 Å². The van der Waals surface area contributed by atoms with Crippen LogP contribution in [0.15, 0.2) is 46.1 Å². The lowest BCUT2D eigenvalue weighted by molar-refractivity contribution is -0.115.